The summed E-state index contributed by atoms with van der Waals surface area (Å²) in [6.07, 6.45) is 7.43. The maximum absolute atomic E-state index is 13.8. The molecule has 1 amide bonds. The van der Waals surface area contributed by atoms with Crippen LogP contribution in [-0.4, -0.2) is 51.0 Å². The van der Waals surface area contributed by atoms with Crippen LogP contribution in [0.4, 0.5) is 0 Å². The maximum atomic E-state index is 13.8. The van der Waals surface area contributed by atoms with E-state index in [4.69, 9.17) is 0 Å². The zero-order chi connectivity index (χ0) is 24.9. The van der Waals surface area contributed by atoms with Gasteiger partial charge in [0.15, 0.2) is 0 Å². The van der Waals surface area contributed by atoms with Crippen LogP contribution in [0.2, 0.25) is 0 Å². The Bertz CT molecular complexity index is 1270. The Hall–Kier alpha value is -2.76. The summed E-state index contributed by atoms with van der Waals surface area (Å²) < 4.78 is 0. The molecule has 1 saturated heterocycles. The molecule has 36 heavy (non-hydrogen) atoms. The van der Waals surface area contributed by atoms with Gasteiger partial charge >= 0.3 is 0 Å². The van der Waals surface area contributed by atoms with Crippen molar-refractivity contribution in [3.05, 3.63) is 77.1 Å². The first-order chi connectivity index (χ1) is 17.5. The number of hydrogen-bond donors (Lipinski definition) is 1. The van der Waals surface area contributed by atoms with Gasteiger partial charge in [0.05, 0.1) is 18.2 Å². The summed E-state index contributed by atoms with van der Waals surface area (Å²) in [7, 11) is 0. The number of nitrogens with zero attached hydrogens (tertiary/aromatic N) is 3. The van der Waals surface area contributed by atoms with Gasteiger partial charge in [-0.2, -0.15) is 0 Å². The van der Waals surface area contributed by atoms with Crippen LogP contribution in [-0.2, 0) is 12.0 Å². The van der Waals surface area contributed by atoms with Gasteiger partial charge in [-0.15, -0.1) is 0 Å². The Labute approximate surface area is 214 Å². The summed E-state index contributed by atoms with van der Waals surface area (Å²) in [5.41, 5.74) is 4.52. The molecule has 3 heterocycles. The minimum Gasteiger partial charge on any atom is -0.391 e. The normalized spacial score (nSPS) is 26.4. The second-order valence-corrected chi connectivity index (χ2v) is 11.4. The SMILES string of the molecule is CC1c2c(cc(CN3CCC(C)(c4ccccn4)CC3)c3ccccc23)C(=O)N1[C@H]1CCCC[C@@H]1O. The number of piperidine rings is 1. The number of aromatic nitrogens is 1. The van der Waals surface area contributed by atoms with Crippen molar-refractivity contribution in [1.82, 2.24) is 14.8 Å². The second kappa shape index (κ2) is 9.28. The number of aliphatic hydroxyl groups excluding tert-OH is 1. The summed E-state index contributed by atoms with van der Waals surface area (Å²) in [5, 5.41) is 13.2. The highest BCUT2D eigenvalue weighted by Gasteiger charge is 2.43. The molecular weight excluding hydrogens is 446 g/mol. The first-order valence-electron chi connectivity index (χ1n) is 13.7. The quantitative estimate of drug-likeness (QED) is 0.524. The third kappa shape index (κ3) is 3.93. The molecule has 0 spiro atoms. The number of benzene rings is 2. The number of hydrogen-bond acceptors (Lipinski definition) is 4. The number of carbonyl (C=O) groups excluding carboxylic acids is 1. The first-order valence-corrected chi connectivity index (χ1v) is 13.7. The van der Waals surface area contributed by atoms with E-state index in [0.717, 1.165) is 69.3 Å². The minimum absolute atomic E-state index is 0.0155. The van der Waals surface area contributed by atoms with E-state index < -0.39 is 6.10 Å². The van der Waals surface area contributed by atoms with Crippen molar-refractivity contribution < 1.29 is 9.90 Å². The third-order valence-corrected chi connectivity index (χ3v) is 9.16. The highest BCUT2D eigenvalue weighted by molar-refractivity contribution is 6.06. The van der Waals surface area contributed by atoms with Crippen LogP contribution in [0.15, 0.2) is 54.7 Å². The van der Waals surface area contributed by atoms with Crippen LogP contribution in [0.3, 0.4) is 0 Å². The van der Waals surface area contributed by atoms with E-state index in [1.807, 2.05) is 17.2 Å². The molecule has 0 radical (unpaired) electrons. The molecule has 3 aliphatic rings. The van der Waals surface area contributed by atoms with E-state index in [9.17, 15) is 9.90 Å². The van der Waals surface area contributed by atoms with Crippen LogP contribution in [0.1, 0.15) is 85.6 Å². The first kappa shape index (κ1) is 23.6. The Kier molecular flexibility index (Phi) is 6.09. The molecular formula is C31H37N3O2. The second-order valence-electron chi connectivity index (χ2n) is 11.4. The van der Waals surface area contributed by atoms with Crippen molar-refractivity contribution >= 4 is 16.7 Å². The fourth-order valence-electron chi connectivity index (χ4n) is 6.96. The van der Waals surface area contributed by atoms with Gasteiger partial charge in [-0.1, -0.05) is 50.1 Å². The Morgan fingerprint density at radius 2 is 1.75 bits per heavy atom. The summed E-state index contributed by atoms with van der Waals surface area (Å²) >= 11 is 0. The lowest BCUT2D eigenvalue weighted by Crippen LogP contribution is -2.46. The number of amides is 1. The monoisotopic (exact) mass is 483 g/mol. The lowest BCUT2D eigenvalue weighted by molar-refractivity contribution is 0.00976. The van der Waals surface area contributed by atoms with Gasteiger partial charge in [0, 0.05) is 29.4 Å². The molecule has 3 aromatic rings. The molecule has 2 aliphatic heterocycles. The van der Waals surface area contributed by atoms with E-state index in [1.54, 1.807) is 0 Å². The predicted molar refractivity (Wildman–Crippen MR) is 143 cm³/mol. The summed E-state index contributed by atoms with van der Waals surface area (Å²) in [6, 6.07) is 16.9. The number of likely N-dealkylation sites (tertiary alicyclic amines) is 1. The van der Waals surface area contributed by atoms with E-state index in [1.165, 1.54) is 22.0 Å². The third-order valence-electron chi connectivity index (χ3n) is 9.16. The van der Waals surface area contributed by atoms with Gasteiger partial charge < -0.3 is 10.0 Å². The van der Waals surface area contributed by atoms with Crippen LogP contribution >= 0.6 is 0 Å². The molecule has 6 rings (SSSR count). The molecule has 2 fully saturated rings. The molecule has 1 N–H and O–H groups in total. The lowest BCUT2D eigenvalue weighted by Gasteiger charge is -2.39. The van der Waals surface area contributed by atoms with Gasteiger partial charge in [-0.3, -0.25) is 14.7 Å². The van der Waals surface area contributed by atoms with Crippen LogP contribution in [0, 0.1) is 0 Å². The fraction of sp³-hybridized carbons (Fsp3) is 0.484. The smallest absolute Gasteiger partial charge is 0.255 e. The highest BCUT2D eigenvalue weighted by atomic mass is 16.3. The van der Waals surface area contributed by atoms with Gasteiger partial charge in [-0.25, -0.2) is 0 Å². The van der Waals surface area contributed by atoms with Crippen LogP contribution < -0.4 is 0 Å². The molecule has 0 bridgehead atoms. The maximum Gasteiger partial charge on any atom is 0.255 e. The summed E-state index contributed by atoms with van der Waals surface area (Å²) in [5.74, 6) is 0.0943. The molecule has 5 nitrogen and oxygen atoms in total. The molecule has 1 aromatic heterocycles. The van der Waals surface area contributed by atoms with Crippen molar-refractivity contribution in [2.45, 2.75) is 82.5 Å². The number of aliphatic hydroxyl groups is 1. The molecule has 1 aliphatic carbocycles. The Morgan fingerprint density at radius 1 is 1.03 bits per heavy atom. The van der Waals surface area contributed by atoms with Crippen molar-refractivity contribution in [3.63, 3.8) is 0 Å². The minimum atomic E-state index is -0.424. The molecule has 2 aromatic carbocycles. The molecule has 5 heteroatoms. The Balaban J connectivity index is 1.29. The van der Waals surface area contributed by atoms with Crippen molar-refractivity contribution in [2.75, 3.05) is 13.1 Å². The number of rotatable bonds is 4. The Morgan fingerprint density at radius 3 is 2.47 bits per heavy atom. The predicted octanol–water partition coefficient (Wildman–Crippen LogP) is 5.61. The van der Waals surface area contributed by atoms with Crippen molar-refractivity contribution in [1.29, 1.82) is 0 Å². The van der Waals surface area contributed by atoms with Crippen molar-refractivity contribution in [3.8, 4) is 0 Å². The molecule has 3 atom stereocenters. The topological polar surface area (TPSA) is 56.7 Å². The average Bonchev–Trinajstić information content (AvgIpc) is 3.16. The number of carbonyl (C=O) groups is 1. The van der Waals surface area contributed by atoms with Gasteiger partial charge in [0.1, 0.15) is 0 Å². The summed E-state index contributed by atoms with van der Waals surface area (Å²) in [4.78, 5) is 22.9. The van der Waals surface area contributed by atoms with Gasteiger partial charge in [0.25, 0.3) is 5.91 Å². The van der Waals surface area contributed by atoms with Gasteiger partial charge in [-0.05, 0) is 85.8 Å². The van der Waals surface area contributed by atoms with Crippen LogP contribution in [0.25, 0.3) is 10.8 Å². The standard InChI is InChI=1S/C31H37N3O2/c1-21-29-24-10-4-3-9-23(24)22(19-25(29)30(36)34(21)26-11-5-6-12-27(26)35)20-33-17-14-31(2,15-18-33)28-13-7-8-16-32-28/h3-4,7-10,13,16,19,21,26-27,35H,5-6,11-12,14-15,17-18,20H2,1-2H3/t21?,26-,27-/m0/s1. The van der Waals surface area contributed by atoms with E-state index >= 15 is 0 Å². The molecule has 188 valence electrons. The molecule has 1 saturated carbocycles. The van der Waals surface area contributed by atoms with E-state index in [-0.39, 0.29) is 23.4 Å². The summed E-state index contributed by atoms with van der Waals surface area (Å²) in [6.45, 7) is 7.36. The highest BCUT2D eigenvalue weighted by Crippen LogP contribution is 2.43. The lowest BCUT2D eigenvalue weighted by atomic mass is 9.77. The van der Waals surface area contributed by atoms with Gasteiger partial charge in [0.2, 0.25) is 0 Å². The fourth-order valence-corrected chi connectivity index (χ4v) is 6.96. The van der Waals surface area contributed by atoms with Crippen molar-refractivity contribution in [2.24, 2.45) is 0 Å². The largest absolute Gasteiger partial charge is 0.391 e. The average molecular weight is 484 g/mol. The van der Waals surface area contributed by atoms with E-state index in [0.29, 0.717) is 0 Å². The zero-order valence-corrected chi connectivity index (χ0v) is 21.5. The number of fused-ring (bicyclic) bond motifs is 3. The number of pyridine rings is 1. The molecule has 1 unspecified atom stereocenters. The van der Waals surface area contributed by atoms with Crippen LogP contribution in [0.5, 0.6) is 0 Å². The zero-order valence-electron chi connectivity index (χ0n) is 21.5. The van der Waals surface area contributed by atoms with E-state index in [2.05, 4.69) is 66.2 Å².